The van der Waals surface area contributed by atoms with Crippen LogP contribution in [0.5, 0.6) is 0 Å². The standard InChI is InChI=1S/C19H16Br2ClFN4O2/c1-26-16(28)15(27(18(26)29)14-10-6-5-9-13(14)23)25-17(19(20,21)11-22)24-12-7-3-2-4-8-12/h2-10,17,24H,11H2,1H3. The van der Waals surface area contributed by atoms with E-state index in [2.05, 4.69) is 42.2 Å². The number of hydrogen-bond donors (Lipinski definition) is 1. The van der Waals surface area contributed by atoms with Gasteiger partial charge in [0.25, 0.3) is 5.91 Å². The summed E-state index contributed by atoms with van der Waals surface area (Å²) in [5, 5.41) is 3.17. The lowest BCUT2D eigenvalue weighted by atomic mass is 10.2. The molecule has 0 aliphatic carbocycles. The Morgan fingerprint density at radius 1 is 1.14 bits per heavy atom. The zero-order chi connectivity index (χ0) is 21.2. The number of likely N-dealkylation sites (N-methyl/N-ethyl adjacent to an activating group) is 1. The molecular formula is C19H16Br2ClFN4O2. The number of halogens is 4. The molecule has 1 atom stereocenters. The zero-order valence-electron chi connectivity index (χ0n) is 15.2. The molecule has 1 unspecified atom stereocenters. The van der Waals surface area contributed by atoms with E-state index < -0.39 is 27.2 Å². The van der Waals surface area contributed by atoms with Crippen molar-refractivity contribution in [2.75, 3.05) is 23.1 Å². The van der Waals surface area contributed by atoms with E-state index in [-0.39, 0.29) is 17.4 Å². The van der Waals surface area contributed by atoms with Crippen molar-refractivity contribution in [2.24, 2.45) is 4.99 Å². The highest BCUT2D eigenvalue weighted by atomic mass is 79.9. The maximum absolute atomic E-state index is 14.4. The summed E-state index contributed by atoms with van der Waals surface area (Å²) in [7, 11) is 1.32. The first kappa shape index (κ1) is 21.7. The van der Waals surface area contributed by atoms with Crippen molar-refractivity contribution in [3.05, 3.63) is 60.4 Å². The van der Waals surface area contributed by atoms with Crippen molar-refractivity contribution in [1.29, 1.82) is 0 Å². The van der Waals surface area contributed by atoms with Gasteiger partial charge in [0.2, 0.25) is 5.84 Å². The van der Waals surface area contributed by atoms with Crippen molar-refractivity contribution < 1.29 is 14.0 Å². The molecule has 1 aliphatic heterocycles. The summed E-state index contributed by atoms with van der Waals surface area (Å²) < 4.78 is 13.4. The molecule has 3 rings (SSSR count). The van der Waals surface area contributed by atoms with Crippen LogP contribution >= 0.6 is 43.5 Å². The minimum absolute atomic E-state index is 0.0620. The molecule has 1 heterocycles. The average molecular weight is 547 g/mol. The van der Waals surface area contributed by atoms with Gasteiger partial charge in [-0.2, -0.15) is 0 Å². The number of para-hydroxylation sites is 2. The van der Waals surface area contributed by atoms with Crippen LogP contribution in [-0.2, 0) is 4.79 Å². The van der Waals surface area contributed by atoms with E-state index in [0.717, 1.165) is 15.5 Å². The van der Waals surface area contributed by atoms with Crippen LogP contribution < -0.4 is 10.2 Å². The van der Waals surface area contributed by atoms with Crippen LogP contribution in [0.25, 0.3) is 0 Å². The largest absolute Gasteiger partial charge is 0.362 e. The number of rotatable bonds is 6. The number of urea groups is 1. The van der Waals surface area contributed by atoms with Gasteiger partial charge < -0.3 is 5.32 Å². The fraction of sp³-hybridized carbons (Fsp3) is 0.211. The first-order chi connectivity index (χ1) is 13.8. The van der Waals surface area contributed by atoms with Crippen LogP contribution in [0.4, 0.5) is 20.6 Å². The molecular weight excluding hydrogens is 530 g/mol. The Morgan fingerprint density at radius 3 is 2.38 bits per heavy atom. The molecule has 2 aromatic carbocycles. The number of hydrogen-bond acceptors (Lipinski definition) is 4. The average Bonchev–Trinajstić information content (AvgIpc) is 2.92. The smallest absolute Gasteiger partial charge is 0.337 e. The lowest BCUT2D eigenvalue weighted by Gasteiger charge is -2.28. The number of carbonyl (C=O) groups is 2. The third kappa shape index (κ3) is 4.46. The van der Waals surface area contributed by atoms with Crippen molar-refractivity contribution in [1.82, 2.24) is 4.90 Å². The molecule has 1 aliphatic rings. The van der Waals surface area contributed by atoms with Crippen LogP contribution in [0.15, 0.2) is 59.6 Å². The highest BCUT2D eigenvalue weighted by Crippen LogP contribution is 2.35. The lowest BCUT2D eigenvalue weighted by Crippen LogP contribution is -2.41. The van der Waals surface area contributed by atoms with Gasteiger partial charge in [0.05, 0.1) is 11.6 Å². The van der Waals surface area contributed by atoms with E-state index in [1.807, 2.05) is 30.3 Å². The van der Waals surface area contributed by atoms with E-state index in [0.29, 0.717) is 0 Å². The van der Waals surface area contributed by atoms with Gasteiger partial charge in [0.15, 0.2) is 0 Å². The SMILES string of the molecule is CN1C(=O)C(=NC(Nc2ccccc2)C(Br)(Br)CCl)N(c2ccccc2F)C1=O. The Kier molecular flexibility index (Phi) is 6.60. The summed E-state index contributed by atoms with van der Waals surface area (Å²) in [6.45, 7) is 0. The second kappa shape index (κ2) is 8.81. The Bertz CT molecular complexity index is 958. The third-order valence-corrected chi connectivity index (χ3v) is 6.68. The van der Waals surface area contributed by atoms with Crippen molar-refractivity contribution in [2.45, 2.75) is 9.40 Å². The molecule has 3 amide bonds. The number of nitrogens with one attached hydrogen (secondary N) is 1. The number of alkyl halides is 3. The Morgan fingerprint density at radius 2 is 1.76 bits per heavy atom. The molecule has 0 radical (unpaired) electrons. The van der Waals surface area contributed by atoms with E-state index >= 15 is 0 Å². The number of imide groups is 1. The molecule has 1 N–H and O–H groups in total. The number of benzene rings is 2. The highest BCUT2D eigenvalue weighted by Gasteiger charge is 2.44. The molecule has 10 heteroatoms. The van der Waals surface area contributed by atoms with Gasteiger partial charge in [-0.25, -0.2) is 19.1 Å². The maximum Gasteiger partial charge on any atom is 0.337 e. The first-order valence-electron chi connectivity index (χ1n) is 8.46. The van der Waals surface area contributed by atoms with Gasteiger partial charge in [-0.15, -0.1) is 11.6 Å². The molecule has 1 fully saturated rings. The Labute approximate surface area is 189 Å². The molecule has 6 nitrogen and oxygen atoms in total. The van der Waals surface area contributed by atoms with E-state index in [4.69, 9.17) is 11.6 Å². The molecule has 2 aromatic rings. The number of amidine groups is 1. The zero-order valence-corrected chi connectivity index (χ0v) is 19.1. The quantitative estimate of drug-likeness (QED) is 0.419. The third-order valence-electron chi connectivity index (χ3n) is 4.19. The number of carbonyl (C=O) groups excluding carboxylic acids is 2. The summed E-state index contributed by atoms with van der Waals surface area (Å²) in [4.78, 5) is 31.7. The predicted molar refractivity (Wildman–Crippen MR) is 120 cm³/mol. The maximum atomic E-state index is 14.4. The fourth-order valence-corrected chi connectivity index (χ4v) is 3.24. The van der Waals surface area contributed by atoms with Crippen LogP contribution in [0.3, 0.4) is 0 Å². The fourth-order valence-electron chi connectivity index (χ4n) is 2.66. The van der Waals surface area contributed by atoms with Gasteiger partial charge in [-0.1, -0.05) is 62.2 Å². The second-order valence-corrected chi connectivity index (χ2v) is 10.4. The lowest BCUT2D eigenvalue weighted by molar-refractivity contribution is -0.119. The van der Waals surface area contributed by atoms with E-state index in [1.165, 1.54) is 25.2 Å². The van der Waals surface area contributed by atoms with Crippen LogP contribution in [-0.4, -0.2) is 45.0 Å². The van der Waals surface area contributed by atoms with E-state index in [9.17, 15) is 14.0 Å². The van der Waals surface area contributed by atoms with Crippen LogP contribution in [0.2, 0.25) is 0 Å². The highest BCUT2D eigenvalue weighted by molar-refractivity contribution is 9.25. The number of aliphatic imine (C=N–C) groups is 1. The molecule has 0 bridgehead atoms. The van der Waals surface area contributed by atoms with Crippen LogP contribution in [0, 0.1) is 5.82 Å². The van der Waals surface area contributed by atoms with Gasteiger partial charge in [0.1, 0.15) is 15.2 Å². The van der Waals surface area contributed by atoms with Crippen LogP contribution in [0.1, 0.15) is 0 Å². The summed E-state index contributed by atoms with van der Waals surface area (Å²) in [6, 6.07) is 14.2. The summed E-state index contributed by atoms with van der Waals surface area (Å²) >= 11 is 13.0. The van der Waals surface area contributed by atoms with Gasteiger partial charge in [-0.05, 0) is 24.3 Å². The molecule has 29 heavy (non-hydrogen) atoms. The Hall–Kier alpha value is -1.97. The minimum Gasteiger partial charge on any atom is -0.362 e. The molecule has 0 aromatic heterocycles. The predicted octanol–water partition coefficient (Wildman–Crippen LogP) is 4.79. The first-order valence-corrected chi connectivity index (χ1v) is 10.6. The molecule has 1 saturated heterocycles. The summed E-state index contributed by atoms with van der Waals surface area (Å²) in [5.41, 5.74) is 0.658. The molecule has 0 saturated carbocycles. The van der Waals surface area contributed by atoms with Gasteiger partial charge >= 0.3 is 6.03 Å². The number of amides is 3. The Balaban J connectivity index is 2.09. The molecule has 152 valence electrons. The summed E-state index contributed by atoms with van der Waals surface area (Å²) in [5.74, 6) is -1.44. The minimum atomic E-state index is -0.949. The second-order valence-electron chi connectivity index (χ2n) is 6.19. The number of anilines is 2. The summed E-state index contributed by atoms with van der Waals surface area (Å²) in [6.07, 6.45) is -0.810. The van der Waals surface area contributed by atoms with Gasteiger partial charge in [0, 0.05) is 12.7 Å². The van der Waals surface area contributed by atoms with E-state index in [1.54, 1.807) is 6.07 Å². The van der Waals surface area contributed by atoms with Crippen molar-refractivity contribution >= 4 is 72.6 Å². The monoisotopic (exact) mass is 544 g/mol. The number of nitrogens with zero attached hydrogens (tertiary/aromatic N) is 3. The van der Waals surface area contributed by atoms with Gasteiger partial charge in [-0.3, -0.25) is 9.69 Å². The molecule has 0 spiro atoms. The topological polar surface area (TPSA) is 65.0 Å². The normalized spacial score (nSPS) is 17.2. The van der Waals surface area contributed by atoms with Crippen molar-refractivity contribution in [3.63, 3.8) is 0 Å². The van der Waals surface area contributed by atoms with Crippen molar-refractivity contribution in [3.8, 4) is 0 Å².